The van der Waals surface area contributed by atoms with Gasteiger partial charge in [0.2, 0.25) is 0 Å². The SMILES string of the molecule is CC1CCc2cc(/C(=C\C(O)=C3CCC3)c3ccccc3P)ccc2O1. The van der Waals surface area contributed by atoms with Crippen molar-refractivity contribution >= 4 is 20.1 Å². The Morgan fingerprint density at radius 1 is 1.15 bits per heavy atom. The van der Waals surface area contributed by atoms with Crippen LogP contribution in [-0.4, -0.2) is 11.2 Å². The quantitative estimate of drug-likeness (QED) is 0.589. The molecule has 1 saturated carbocycles. The molecule has 1 aliphatic heterocycles. The summed E-state index contributed by atoms with van der Waals surface area (Å²) in [6.45, 7) is 2.12. The third-order valence-corrected chi connectivity index (χ3v) is 5.87. The molecular formula is C23H25O2P. The van der Waals surface area contributed by atoms with E-state index in [2.05, 4.69) is 46.5 Å². The summed E-state index contributed by atoms with van der Waals surface area (Å²) in [5, 5.41) is 11.7. The van der Waals surface area contributed by atoms with Gasteiger partial charge in [-0.2, -0.15) is 0 Å². The van der Waals surface area contributed by atoms with Crippen molar-refractivity contribution in [3.8, 4) is 5.75 Å². The number of aliphatic hydroxyl groups excluding tert-OH is 1. The van der Waals surface area contributed by atoms with Crippen molar-refractivity contribution < 1.29 is 9.84 Å². The first-order valence-corrected chi connectivity index (χ1v) is 9.97. The summed E-state index contributed by atoms with van der Waals surface area (Å²) in [5.74, 6) is 1.43. The molecule has 1 heterocycles. The highest BCUT2D eigenvalue weighted by atomic mass is 31.0. The zero-order chi connectivity index (χ0) is 18.1. The highest BCUT2D eigenvalue weighted by Gasteiger charge is 2.19. The van der Waals surface area contributed by atoms with E-state index in [1.165, 1.54) is 17.6 Å². The lowest BCUT2D eigenvalue weighted by atomic mass is 9.88. The van der Waals surface area contributed by atoms with Crippen LogP contribution in [0.4, 0.5) is 0 Å². The number of aryl methyl sites for hydroxylation is 1. The van der Waals surface area contributed by atoms with Gasteiger partial charge in [-0.1, -0.05) is 30.3 Å². The zero-order valence-electron chi connectivity index (χ0n) is 15.2. The number of benzene rings is 2. The van der Waals surface area contributed by atoms with E-state index in [4.69, 9.17) is 4.74 Å². The Kier molecular flexibility index (Phi) is 4.87. The molecule has 0 saturated heterocycles. The summed E-state index contributed by atoms with van der Waals surface area (Å²) < 4.78 is 5.96. The van der Waals surface area contributed by atoms with Crippen molar-refractivity contribution in [3.05, 3.63) is 76.6 Å². The Bertz CT molecular complexity index is 889. The molecule has 2 aliphatic rings. The Morgan fingerprint density at radius 2 is 1.96 bits per heavy atom. The third-order valence-electron chi connectivity index (χ3n) is 5.37. The minimum absolute atomic E-state index is 0.281. The molecule has 134 valence electrons. The molecule has 0 spiro atoms. The van der Waals surface area contributed by atoms with Gasteiger partial charge < -0.3 is 9.84 Å². The van der Waals surface area contributed by atoms with Crippen molar-refractivity contribution in [2.24, 2.45) is 0 Å². The molecular weight excluding hydrogens is 339 g/mol. The number of aliphatic hydroxyl groups is 1. The minimum Gasteiger partial charge on any atom is -0.508 e. The van der Waals surface area contributed by atoms with Crippen molar-refractivity contribution in [1.82, 2.24) is 0 Å². The molecule has 0 aromatic heterocycles. The van der Waals surface area contributed by atoms with Crippen molar-refractivity contribution in [2.75, 3.05) is 0 Å². The second kappa shape index (κ2) is 7.29. The topological polar surface area (TPSA) is 29.5 Å². The van der Waals surface area contributed by atoms with Crippen LogP contribution in [0.3, 0.4) is 0 Å². The van der Waals surface area contributed by atoms with Gasteiger partial charge in [-0.15, -0.1) is 9.24 Å². The number of hydrogen-bond donors (Lipinski definition) is 1. The fraction of sp³-hybridized carbons (Fsp3) is 0.304. The zero-order valence-corrected chi connectivity index (χ0v) is 16.3. The first kappa shape index (κ1) is 17.4. The van der Waals surface area contributed by atoms with E-state index in [1.54, 1.807) is 0 Å². The largest absolute Gasteiger partial charge is 0.508 e. The Labute approximate surface area is 157 Å². The smallest absolute Gasteiger partial charge is 0.122 e. The maximum atomic E-state index is 10.6. The first-order valence-electron chi connectivity index (χ1n) is 9.39. The lowest BCUT2D eigenvalue weighted by molar-refractivity contribution is 0.192. The third kappa shape index (κ3) is 3.44. The summed E-state index contributed by atoms with van der Waals surface area (Å²) in [6, 6.07) is 14.7. The van der Waals surface area contributed by atoms with Crippen molar-refractivity contribution in [3.63, 3.8) is 0 Å². The van der Waals surface area contributed by atoms with Crippen LogP contribution < -0.4 is 10.0 Å². The first-order chi connectivity index (χ1) is 12.6. The fourth-order valence-corrected chi connectivity index (χ4v) is 3.96. The molecule has 1 aliphatic carbocycles. The van der Waals surface area contributed by atoms with E-state index in [0.717, 1.165) is 53.4 Å². The molecule has 1 fully saturated rings. The monoisotopic (exact) mass is 364 g/mol. The maximum Gasteiger partial charge on any atom is 0.122 e. The van der Waals surface area contributed by atoms with E-state index in [0.29, 0.717) is 5.76 Å². The molecule has 0 amide bonds. The molecule has 3 heteroatoms. The Balaban J connectivity index is 1.81. The van der Waals surface area contributed by atoms with Gasteiger partial charge in [-0.3, -0.25) is 0 Å². The highest BCUT2D eigenvalue weighted by molar-refractivity contribution is 7.27. The second-order valence-corrected chi connectivity index (χ2v) is 7.90. The average Bonchev–Trinajstić information content (AvgIpc) is 2.58. The molecule has 0 radical (unpaired) electrons. The van der Waals surface area contributed by atoms with Crippen LogP contribution in [0.15, 0.2) is 59.9 Å². The summed E-state index contributed by atoms with van der Waals surface area (Å²) >= 11 is 0. The van der Waals surface area contributed by atoms with Crippen LogP contribution in [0.2, 0.25) is 0 Å². The van der Waals surface area contributed by atoms with Crippen LogP contribution in [-0.2, 0) is 6.42 Å². The maximum absolute atomic E-state index is 10.6. The van der Waals surface area contributed by atoms with Gasteiger partial charge in [-0.25, -0.2) is 0 Å². The normalized spacial score (nSPS) is 19.4. The van der Waals surface area contributed by atoms with Crippen molar-refractivity contribution in [2.45, 2.75) is 45.1 Å². The van der Waals surface area contributed by atoms with Gasteiger partial charge in [-0.05, 0) is 90.4 Å². The molecule has 0 bridgehead atoms. The molecule has 2 unspecified atom stereocenters. The van der Waals surface area contributed by atoms with Crippen LogP contribution in [0.5, 0.6) is 5.75 Å². The van der Waals surface area contributed by atoms with Gasteiger partial charge in [0.1, 0.15) is 11.5 Å². The van der Waals surface area contributed by atoms with Gasteiger partial charge in [0, 0.05) is 0 Å². The molecule has 2 nitrogen and oxygen atoms in total. The Hall–Kier alpha value is -2.05. The molecule has 1 N–H and O–H groups in total. The van der Waals surface area contributed by atoms with E-state index in [1.807, 2.05) is 18.2 Å². The van der Waals surface area contributed by atoms with E-state index >= 15 is 0 Å². The molecule has 2 atom stereocenters. The number of ether oxygens (including phenoxy) is 1. The van der Waals surface area contributed by atoms with Gasteiger partial charge in [0.05, 0.1) is 6.10 Å². The molecule has 2 aromatic rings. The number of rotatable bonds is 3. The van der Waals surface area contributed by atoms with Crippen LogP contribution >= 0.6 is 9.24 Å². The number of hydrogen-bond acceptors (Lipinski definition) is 2. The van der Waals surface area contributed by atoms with Gasteiger partial charge in [0.25, 0.3) is 0 Å². The summed E-state index contributed by atoms with van der Waals surface area (Å²) in [5.41, 5.74) is 5.74. The van der Waals surface area contributed by atoms with E-state index < -0.39 is 0 Å². The van der Waals surface area contributed by atoms with Gasteiger partial charge >= 0.3 is 0 Å². The minimum atomic E-state index is 0.281. The van der Waals surface area contributed by atoms with Crippen LogP contribution in [0.1, 0.15) is 49.3 Å². The second-order valence-electron chi connectivity index (χ2n) is 7.28. The highest BCUT2D eigenvalue weighted by Crippen LogP contribution is 2.34. The Morgan fingerprint density at radius 3 is 2.69 bits per heavy atom. The number of fused-ring (bicyclic) bond motifs is 1. The lowest BCUT2D eigenvalue weighted by Gasteiger charge is -2.24. The summed E-state index contributed by atoms with van der Waals surface area (Å²) in [4.78, 5) is 0. The predicted molar refractivity (Wildman–Crippen MR) is 111 cm³/mol. The van der Waals surface area contributed by atoms with E-state index in [-0.39, 0.29) is 6.10 Å². The lowest BCUT2D eigenvalue weighted by Crippen LogP contribution is -2.18. The molecule has 2 aromatic carbocycles. The number of allylic oxidation sites excluding steroid dienone is 2. The predicted octanol–water partition coefficient (Wildman–Crippen LogP) is 5.33. The van der Waals surface area contributed by atoms with E-state index in [9.17, 15) is 5.11 Å². The fourth-order valence-electron chi connectivity index (χ4n) is 3.60. The standard InChI is InChI=1S/C23H25O2P/c1-15-9-10-18-13-17(11-12-22(18)25-15)20(14-21(24)16-5-4-6-16)19-7-2-3-8-23(19)26/h2-3,7-8,11-15,24H,4-6,9-10,26H2,1H3/b20-14+. The molecule has 4 rings (SSSR count). The summed E-state index contributed by atoms with van der Waals surface area (Å²) in [6.07, 6.45) is 7.51. The van der Waals surface area contributed by atoms with Gasteiger partial charge in [0.15, 0.2) is 0 Å². The van der Waals surface area contributed by atoms with Crippen molar-refractivity contribution in [1.29, 1.82) is 0 Å². The van der Waals surface area contributed by atoms with Crippen LogP contribution in [0.25, 0.3) is 5.57 Å². The molecule has 26 heavy (non-hydrogen) atoms. The summed E-state index contributed by atoms with van der Waals surface area (Å²) in [7, 11) is 2.81. The van der Waals surface area contributed by atoms with Crippen LogP contribution in [0, 0.1) is 0 Å². The average molecular weight is 364 g/mol.